The molecule has 88 valence electrons. The quantitative estimate of drug-likeness (QED) is 0.793. The number of aromatic nitrogens is 1. The van der Waals surface area contributed by atoms with Crippen LogP contribution < -0.4 is 5.73 Å². The van der Waals surface area contributed by atoms with Crippen molar-refractivity contribution in [2.75, 3.05) is 25.5 Å². The lowest BCUT2D eigenvalue weighted by Crippen LogP contribution is -2.47. The fraction of sp³-hybridized carbons (Fsp3) is 0.600. The Kier molecular flexibility index (Phi) is 3.11. The highest BCUT2D eigenvalue weighted by Crippen LogP contribution is 2.23. The Bertz CT molecular complexity index is 405. The summed E-state index contributed by atoms with van der Waals surface area (Å²) in [5.41, 5.74) is 6.31. The molecule has 1 amide bonds. The van der Waals surface area contributed by atoms with Gasteiger partial charge in [-0.1, -0.05) is 11.3 Å². The third-order valence-corrected chi connectivity index (χ3v) is 3.61. The van der Waals surface area contributed by atoms with Crippen LogP contribution in [0.15, 0.2) is 0 Å². The SMILES string of the molecule is Cc1nc(N)sc1C(=O)N1CCOCC1C. The average Bonchev–Trinajstić information content (AvgIpc) is 2.58. The van der Waals surface area contributed by atoms with E-state index in [1.54, 1.807) is 0 Å². The maximum Gasteiger partial charge on any atom is 0.266 e. The number of thiazole rings is 1. The molecule has 1 aliphatic rings. The molecule has 0 radical (unpaired) electrons. The lowest BCUT2D eigenvalue weighted by molar-refractivity contribution is 0.00381. The van der Waals surface area contributed by atoms with E-state index in [4.69, 9.17) is 10.5 Å². The van der Waals surface area contributed by atoms with Gasteiger partial charge in [0.2, 0.25) is 0 Å². The van der Waals surface area contributed by atoms with Crippen LogP contribution in [0, 0.1) is 6.92 Å². The molecular weight excluding hydrogens is 226 g/mol. The monoisotopic (exact) mass is 241 g/mol. The summed E-state index contributed by atoms with van der Waals surface area (Å²) in [5.74, 6) is 0.0162. The number of aryl methyl sites for hydroxylation is 1. The standard InChI is InChI=1S/C10H15N3O2S/c1-6-5-15-4-3-13(6)9(14)8-7(2)12-10(11)16-8/h6H,3-5H2,1-2H3,(H2,11,12). The smallest absolute Gasteiger partial charge is 0.266 e. The van der Waals surface area contributed by atoms with Gasteiger partial charge in [0.15, 0.2) is 5.13 Å². The first-order valence-electron chi connectivity index (χ1n) is 5.21. The lowest BCUT2D eigenvalue weighted by Gasteiger charge is -2.33. The van der Waals surface area contributed by atoms with Crippen molar-refractivity contribution in [1.29, 1.82) is 0 Å². The zero-order valence-corrected chi connectivity index (χ0v) is 10.2. The second-order valence-electron chi connectivity index (χ2n) is 3.89. The zero-order valence-electron chi connectivity index (χ0n) is 9.40. The van der Waals surface area contributed by atoms with Gasteiger partial charge in [-0.15, -0.1) is 0 Å². The van der Waals surface area contributed by atoms with E-state index >= 15 is 0 Å². The van der Waals surface area contributed by atoms with Gasteiger partial charge in [0, 0.05) is 6.54 Å². The Morgan fingerprint density at radius 1 is 1.69 bits per heavy atom. The Labute approximate surface area is 98.2 Å². The Hall–Kier alpha value is -1.14. The van der Waals surface area contributed by atoms with Crippen molar-refractivity contribution in [3.8, 4) is 0 Å². The molecule has 1 fully saturated rings. The summed E-state index contributed by atoms with van der Waals surface area (Å²) in [6, 6.07) is 0.115. The first-order valence-corrected chi connectivity index (χ1v) is 6.03. The van der Waals surface area contributed by atoms with Gasteiger partial charge in [-0.25, -0.2) is 4.98 Å². The molecular formula is C10H15N3O2S. The van der Waals surface area contributed by atoms with Gasteiger partial charge in [-0.05, 0) is 13.8 Å². The van der Waals surface area contributed by atoms with E-state index in [-0.39, 0.29) is 11.9 Å². The van der Waals surface area contributed by atoms with Crippen molar-refractivity contribution in [1.82, 2.24) is 9.88 Å². The molecule has 1 aliphatic heterocycles. The molecule has 1 unspecified atom stereocenters. The largest absolute Gasteiger partial charge is 0.377 e. The van der Waals surface area contributed by atoms with Crippen molar-refractivity contribution < 1.29 is 9.53 Å². The predicted octanol–water partition coefficient (Wildman–Crippen LogP) is 0.895. The third kappa shape index (κ3) is 2.03. The predicted molar refractivity (Wildman–Crippen MR) is 62.6 cm³/mol. The molecule has 1 aromatic rings. The highest BCUT2D eigenvalue weighted by Gasteiger charge is 2.27. The van der Waals surface area contributed by atoms with E-state index in [2.05, 4.69) is 4.98 Å². The number of carbonyl (C=O) groups excluding carboxylic acids is 1. The highest BCUT2D eigenvalue weighted by atomic mass is 32.1. The summed E-state index contributed by atoms with van der Waals surface area (Å²) in [6.07, 6.45) is 0. The first kappa shape index (κ1) is 11.3. The van der Waals surface area contributed by atoms with Crippen molar-refractivity contribution in [3.63, 3.8) is 0 Å². The molecule has 2 rings (SSSR count). The minimum absolute atomic E-state index is 0.0162. The number of amides is 1. The van der Waals surface area contributed by atoms with Gasteiger partial charge < -0.3 is 15.4 Å². The summed E-state index contributed by atoms with van der Waals surface area (Å²) >= 11 is 1.25. The Morgan fingerprint density at radius 2 is 2.44 bits per heavy atom. The van der Waals surface area contributed by atoms with Crippen LogP contribution in [0.1, 0.15) is 22.3 Å². The van der Waals surface area contributed by atoms with Crippen molar-refractivity contribution in [2.45, 2.75) is 19.9 Å². The van der Waals surface area contributed by atoms with Gasteiger partial charge in [0.1, 0.15) is 4.88 Å². The van der Waals surface area contributed by atoms with Crippen LogP contribution >= 0.6 is 11.3 Å². The van der Waals surface area contributed by atoms with Crippen LogP contribution in [0.3, 0.4) is 0 Å². The van der Waals surface area contributed by atoms with Crippen LogP contribution in [-0.4, -0.2) is 41.6 Å². The molecule has 0 aromatic carbocycles. The average molecular weight is 241 g/mol. The number of nitrogen functional groups attached to an aromatic ring is 1. The molecule has 0 spiro atoms. The van der Waals surface area contributed by atoms with E-state index < -0.39 is 0 Å². The van der Waals surface area contributed by atoms with E-state index in [1.807, 2.05) is 18.7 Å². The maximum atomic E-state index is 12.2. The molecule has 16 heavy (non-hydrogen) atoms. The molecule has 1 atom stereocenters. The second kappa shape index (κ2) is 4.39. The first-order chi connectivity index (χ1) is 7.59. The fourth-order valence-corrected chi connectivity index (χ4v) is 2.56. The van der Waals surface area contributed by atoms with E-state index in [9.17, 15) is 4.79 Å². The number of morpholine rings is 1. The molecule has 0 bridgehead atoms. The molecule has 0 saturated carbocycles. The summed E-state index contributed by atoms with van der Waals surface area (Å²) in [4.78, 5) is 18.8. The van der Waals surface area contributed by atoms with Gasteiger partial charge in [0.25, 0.3) is 5.91 Å². The highest BCUT2D eigenvalue weighted by molar-refractivity contribution is 7.17. The zero-order chi connectivity index (χ0) is 11.7. The number of nitrogens with zero attached hydrogens (tertiary/aromatic N) is 2. The summed E-state index contributed by atoms with van der Waals surface area (Å²) < 4.78 is 5.30. The van der Waals surface area contributed by atoms with Gasteiger partial charge in [-0.3, -0.25) is 4.79 Å². The Balaban J connectivity index is 2.21. The van der Waals surface area contributed by atoms with E-state index in [1.165, 1.54) is 11.3 Å². The minimum atomic E-state index is 0.0162. The second-order valence-corrected chi connectivity index (χ2v) is 4.92. The van der Waals surface area contributed by atoms with Crippen LogP contribution in [0.2, 0.25) is 0 Å². The number of ether oxygens (including phenoxy) is 1. The van der Waals surface area contributed by atoms with Crippen molar-refractivity contribution >= 4 is 22.4 Å². The van der Waals surface area contributed by atoms with Crippen LogP contribution in [0.4, 0.5) is 5.13 Å². The van der Waals surface area contributed by atoms with E-state index in [0.29, 0.717) is 35.5 Å². The van der Waals surface area contributed by atoms with Gasteiger partial charge in [0.05, 0.1) is 24.9 Å². The molecule has 1 saturated heterocycles. The number of carbonyl (C=O) groups is 1. The molecule has 6 heteroatoms. The number of hydrogen-bond donors (Lipinski definition) is 1. The maximum absolute atomic E-state index is 12.2. The fourth-order valence-electron chi connectivity index (χ4n) is 1.78. The summed E-state index contributed by atoms with van der Waals surface area (Å²) in [5, 5.41) is 0.446. The number of hydrogen-bond acceptors (Lipinski definition) is 5. The minimum Gasteiger partial charge on any atom is -0.377 e. The van der Waals surface area contributed by atoms with Crippen molar-refractivity contribution in [3.05, 3.63) is 10.6 Å². The molecule has 1 aromatic heterocycles. The van der Waals surface area contributed by atoms with Crippen molar-refractivity contribution in [2.24, 2.45) is 0 Å². The Morgan fingerprint density at radius 3 is 3.00 bits per heavy atom. The number of anilines is 1. The van der Waals surface area contributed by atoms with Crippen LogP contribution in [0.5, 0.6) is 0 Å². The van der Waals surface area contributed by atoms with E-state index in [0.717, 1.165) is 0 Å². The van der Waals surface area contributed by atoms with Gasteiger partial charge in [-0.2, -0.15) is 0 Å². The molecule has 5 nitrogen and oxygen atoms in total. The molecule has 2 N–H and O–H groups in total. The molecule has 2 heterocycles. The topological polar surface area (TPSA) is 68.5 Å². The van der Waals surface area contributed by atoms with Crippen LogP contribution in [0.25, 0.3) is 0 Å². The normalized spacial score (nSPS) is 21.1. The number of rotatable bonds is 1. The lowest BCUT2D eigenvalue weighted by atomic mass is 10.2. The molecule has 0 aliphatic carbocycles. The van der Waals surface area contributed by atoms with Gasteiger partial charge >= 0.3 is 0 Å². The summed E-state index contributed by atoms with van der Waals surface area (Å²) in [6.45, 7) is 5.63. The number of nitrogens with two attached hydrogens (primary N) is 1. The summed E-state index contributed by atoms with van der Waals surface area (Å²) in [7, 11) is 0. The van der Waals surface area contributed by atoms with Crippen LogP contribution in [-0.2, 0) is 4.74 Å². The third-order valence-electron chi connectivity index (χ3n) is 2.64.